The third-order valence-electron chi connectivity index (χ3n) is 10.5. The van der Waals surface area contributed by atoms with Crippen LogP contribution in [0.1, 0.15) is 115 Å². The number of hydrogen-bond donors (Lipinski definition) is 0. The van der Waals surface area contributed by atoms with Crippen LogP contribution in [0, 0.1) is 22.2 Å². The number of anilines is 1. The number of piperidine rings is 2. The van der Waals surface area contributed by atoms with Crippen molar-refractivity contribution in [2.45, 2.75) is 112 Å². The highest BCUT2D eigenvalue weighted by atomic mass is 16.1. The van der Waals surface area contributed by atoms with Crippen LogP contribution in [0.2, 0.25) is 0 Å². The minimum absolute atomic E-state index is 0.293. The van der Waals surface area contributed by atoms with E-state index in [0.29, 0.717) is 22.3 Å². The summed E-state index contributed by atoms with van der Waals surface area (Å²) in [7, 11) is 2.21. The first-order chi connectivity index (χ1) is 18.0. The number of carbonyl (C=O) groups excluding carboxylic acids is 1. The Labute approximate surface area is 233 Å². The SMILES string of the molecule is CCCCC1(CC)CCN(CC2CCN(c3ccc(C=O)c(CN(C)C4C(C)(C)CC4(C)C)n3)CC2)CC1. The van der Waals surface area contributed by atoms with Gasteiger partial charge in [-0.15, -0.1) is 0 Å². The maximum absolute atomic E-state index is 11.9. The van der Waals surface area contributed by atoms with Crippen molar-refractivity contribution >= 4 is 12.1 Å². The molecule has 1 aromatic rings. The number of aldehydes is 1. The van der Waals surface area contributed by atoms with Gasteiger partial charge < -0.3 is 9.80 Å². The molecule has 3 aliphatic rings. The van der Waals surface area contributed by atoms with Crippen LogP contribution in [-0.4, -0.2) is 66.9 Å². The fourth-order valence-electron chi connectivity index (χ4n) is 8.98. The Bertz CT molecular complexity index is 911. The second-order valence-corrected chi connectivity index (χ2v) is 14.5. The quantitative estimate of drug-likeness (QED) is 0.290. The lowest BCUT2D eigenvalue weighted by atomic mass is 9.51. The first kappa shape index (κ1) is 29.5. The molecule has 4 rings (SSSR count). The molecule has 5 nitrogen and oxygen atoms in total. The molecule has 5 heteroatoms. The Morgan fingerprint density at radius 1 is 1.03 bits per heavy atom. The van der Waals surface area contributed by atoms with Gasteiger partial charge in [-0.1, -0.05) is 60.8 Å². The first-order valence-corrected chi connectivity index (χ1v) is 15.6. The molecule has 3 fully saturated rings. The Morgan fingerprint density at radius 2 is 1.68 bits per heavy atom. The number of aromatic nitrogens is 1. The second-order valence-electron chi connectivity index (χ2n) is 14.5. The number of nitrogens with zero attached hydrogens (tertiary/aromatic N) is 4. The van der Waals surface area contributed by atoms with Gasteiger partial charge in [-0.25, -0.2) is 4.98 Å². The molecule has 1 aliphatic carbocycles. The summed E-state index contributed by atoms with van der Waals surface area (Å²) >= 11 is 0. The van der Waals surface area contributed by atoms with Crippen LogP contribution >= 0.6 is 0 Å². The number of unbranched alkanes of at least 4 members (excludes halogenated alkanes) is 1. The third kappa shape index (κ3) is 6.46. The molecule has 0 N–H and O–H groups in total. The van der Waals surface area contributed by atoms with E-state index in [4.69, 9.17) is 4.98 Å². The zero-order chi connectivity index (χ0) is 27.6. The van der Waals surface area contributed by atoms with Gasteiger partial charge >= 0.3 is 0 Å². The van der Waals surface area contributed by atoms with Crippen LogP contribution in [0.4, 0.5) is 5.82 Å². The van der Waals surface area contributed by atoms with Crippen molar-refractivity contribution in [1.29, 1.82) is 0 Å². The summed E-state index contributed by atoms with van der Waals surface area (Å²) in [5.41, 5.74) is 2.86. The van der Waals surface area contributed by atoms with E-state index in [1.54, 1.807) is 0 Å². The van der Waals surface area contributed by atoms with Crippen molar-refractivity contribution < 1.29 is 4.79 Å². The molecule has 0 bridgehead atoms. The van der Waals surface area contributed by atoms with Gasteiger partial charge in [0.05, 0.1) is 5.69 Å². The molecule has 1 saturated carbocycles. The van der Waals surface area contributed by atoms with Crippen LogP contribution < -0.4 is 4.90 Å². The topological polar surface area (TPSA) is 39.7 Å². The average molecular weight is 525 g/mol. The normalized spacial score (nSPS) is 23.9. The first-order valence-electron chi connectivity index (χ1n) is 15.6. The Morgan fingerprint density at radius 3 is 2.24 bits per heavy atom. The molecule has 1 aromatic heterocycles. The van der Waals surface area contributed by atoms with Gasteiger partial charge in [0.15, 0.2) is 6.29 Å². The van der Waals surface area contributed by atoms with E-state index in [1.165, 1.54) is 77.4 Å². The summed E-state index contributed by atoms with van der Waals surface area (Å²) in [6, 6.07) is 4.55. The molecule has 0 spiro atoms. The van der Waals surface area contributed by atoms with Crippen molar-refractivity contribution in [2.75, 3.05) is 44.7 Å². The fourth-order valence-corrected chi connectivity index (χ4v) is 8.98. The molecule has 0 radical (unpaired) electrons. The average Bonchev–Trinajstić information content (AvgIpc) is 2.87. The van der Waals surface area contributed by atoms with E-state index >= 15 is 0 Å². The lowest BCUT2D eigenvalue weighted by Gasteiger charge is -2.61. The van der Waals surface area contributed by atoms with Gasteiger partial charge in [0.2, 0.25) is 0 Å². The van der Waals surface area contributed by atoms with Gasteiger partial charge in [-0.3, -0.25) is 9.69 Å². The zero-order valence-corrected chi connectivity index (χ0v) is 25.7. The monoisotopic (exact) mass is 524 g/mol. The van der Waals surface area contributed by atoms with E-state index in [0.717, 1.165) is 48.9 Å². The van der Waals surface area contributed by atoms with Gasteiger partial charge in [-0.05, 0) is 93.0 Å². The maximum atomic E-state index is 11.9. The molecule has 2 saturated heterocycles. The summed E-state index contributed by atoms with van der Waals surface area (Å²) in [5.74, 6) is 1.84. The molecular formula is C33H56N4O. The Hall–Kier alpha value is -1.46. The summed E-state index contributed by atoms with van der Waals surface area (Å²) in [4.78, 5) is 24.6. The van der Waals surface area contributed by atoms with Gasteiger partial charge in [0, 0.05) is 37.8 Å². The molecule has 0 atom stereocenters. The van der Waals surface area contributed by atoms with E-state index in [2.05, 4.69) is 69.4 Å². The van der Waals surface area contributed by atoms with Gasteiger partial charge in [0.25, 0.3) is 0 Å². The highest BCUT2D eigenvalue weighted by Crippen LogP contribution is 2.56. The fraction of sp³-hybridized carbons (Fsp3) is 0.818. The largest absolute Gasteiger partial charge is 0.357 e. The minimum Gasteiger partial charge on any atom is -0.357 e. The molecule has 38 heavy (non-hydrogen) atoms. The highest BCUT2D eigenvalue weighted by Gasteiger charge is 2.54. The van der Waals surface area contributed by atoms with E-state index < -0.39 is 0 Å². The van der Waals surface area contributed by atoms with Crippen molar-refractivity contribution in [3.8, 4) is 0 Å². The van der Waals surface area contributed by atoms with Crippen molar-refractivity contribution in [2.24, 2.45) is 22.2 Å². The second kappa shape index (κ2) is 12.0. The third-order valence-corrected chi connectivity index (χ3v) is 10.5. The molecule has 214 valence electrons. The van der Waals surface area contributed by atoms with Crippen LogP contribution in [0.5, 0.6) is 0 Å². The summed E-state index contributed by atoms with van der Waals surface area (Å²) < 4.78 is 0. The number of pyridine rings is 1. The zero-order valence-electron chi connectivity index (χ0n) is 25.7. The molecule has 0 amide bonds. The predicted octanol–water partition coefficient (Wildman–Crippen LogP) is 7.05. The summed E-state index contributed by atoms with van der Waals surface area (Å²) in [6.45, 7) is 20.9. The van der Waals surface area contributed by atoms with Crippen LogP contribution in [0.25, 0.3) is 0 Å². The highest BCUT2D eigenvalue weighted by molar-refractivity contribution is 5.77. The van der Waals surface area contributed by atoms with E-state index in [9.17, 15) is 4.79 Å². The smallest absolute Gasteiger partial charge is 0.151 e. The maximum Gasteiger partial charge on any atom is 0.151 e. The summed E-state index contributed by atoms with van der Waals surface area (Å²) in [6.07, 6.45) is 13.0. The molecule has 0 unspecified atom stereocenters. The molecule has 0 aromatic carbocycles. The number of rotatable bonds is 11. The number of likely N-dealkylation sites (tertiary alicyclic amines) is 1. The lowest BCUT2D eigenvalue weighted by molar-refractivity contribution is -0.108. The van der Waals surface area contributed by atoms with Gasteiger partial charge in [0.1, 0.15) is 5.82 Å². The van der Waals surface area contributed by atoms with E-state index in [-0.39, 0.29) is 0 Å². The standard InChI is InChI=1S/C33H56N4O/c1-8-10-15-33(9-2)16-20-36(21-17-33)22-26-13-18-37(19-14-26)29-12-11-27(24-38)28(34-29)23-35(7)30-31(3,4)25-32(30,5)6/h11-12,24,26,30H,8-10,13-23,25H2,1-7H3. The minimum atomic E-state index is 0.293. The predicted molar refractivity (Wildman–Crippen MR) is 160 cm³/mol. The van der Waals surface area contributed by atoms with Crippen molar-refractivity contribution in [3.63, 3.8) is 0 Å². The van der Waals surface area contributed by atoms with Crippen LogP contribution in [-0.2, 0) is 6.54 Å². The molecule has 3 heterocycles. The van der Waals surface area contributed by atoms with E-state index in [1.807, 2.05) is 6.07 Å². The Kier molecular flexibility index (Phi) is 9.29. The summed E-state index contributed by atoms with van der Waals surface area (Å²) in [5, 5.41) is 0. The van der Waals surface area contributed by atoms with Crippen LogP contribution in [0.15, 0.2) is 12.1 Å². The van der Waals surface area contributed by atoms with Gasteiger partial charge in [-0.2, -0.15) is 0 Å². The van der Waals surface area contributed by atoms with Crippen molar-refractivity contribution in [1.82, 2.24) is 14.8 Å². The molecule has 2 aliphatic heterocycles. The molecular weight excluding hydrogens is 468 g/mol. The van der Waals surface area contributed by atoms with Crippen LogP contribution in [0.3, 0.4) is 0 Å². The number of hydrogen-bond acceptors (Lipinski definition) is 5. The lowest BCUT2D eigenvalue weighted by Crippen LogP contribution is -2.62. The van der Waals surface area contributed by atoms with Crippen molar-refractivity contribution in [3.05, 3.63) is 23.4 Å². The Balaban J connectivity index is 1.31. The number of carbonyl (C=O) groups is 1.